The zero-order chi connectivity index (χ0) is 18.8. The molecule has 2 aromatic rings. The molecule has 2 rings (SSSR count). The number of amides is 1. The number of hydrogen-bond donors (Lipinski definition) is 1. The van der Waals surface area contributed by atoms with Gasteiger partial charge in [-0.15, -0.1) is 0 Å². The summed E-state index contributed by atoms with van der Waals surface area (Å²) in [5, 5.41) is 2.43. The number of halogens is 2. The largest absolute Gasteiger partial charge is 0.325 e. The van der Waals surface area contributed by atoms with Gasteiger partial charge in [-0.2, -0.15) is 0 Å². The molecule has 0 heterocycles. The van der Waals surface area contributed by atoms with Crippen molar-refractivity contribution in [2.45, 2.75) is 13.8 Å². The van der Waals surface area contributed by atoms with E-state index in [0.717, 1.165) is 27.8 Å². The molecular weight excluding hydrogens is 367 g/mol. The summed E-state index contributed by atoms with van der Waals surface area (Å²) in [6.07, 6.45) is 0.966. The average Bonchev–Trinajstić information content (AvgIpc) is 2.50. The summed E-state index contributed by atoms with van der Waals surface area (Å²) in [6, 6.07) is 8.87. The molecular formula is C17H18ClFN2O3S. The minimum atomic E-state index is -3.76. The number of aryl methyl sites for hydroxylation is 2. The Morgan fingerprint density at radius 1 is 1.16 bits per heavy atom. The molecule has 5 nitrogen and oxygen atoms in total. The van der Waals surface area contributed by atoms with Crippen LogP contribution in [0.4, 0.5) is 15.8 Å². The van der Waals surface area contributed by atoms with Gasteiger partial charge in [0, 0.05) is 5.69 Å². The van der Waals surface area contributed by atoms with Gasteiger partial charge in [0.05, 0.1) is 17.0 Å². The maximum Gasteiger partial charge on any atom is 0.245 e. The molecule has 8 heteroatoms. The molecule has 2 aromatic carbocycles. The summed E-state index contributed by atoms with van der Waals surface area (Å²) in [4.78, 5) is 12.3. The monoisotopic (exact) mass is 384 g/mol. The lowest BCUT2D eigenvalue weighted by molar-refractivity contribution is -0.114. The molecule has 25 heavy (non-hydrogen) atoms. The third-order valence-corrected chi connectivity index (χ3v) is 5.10. The molecule has 134 valence electrons. The molecule has 0 radical (unpaired) electrons. The maximum atomic E-state index is 13.3. The van der Waals surface area contributed by atoms with Crippen LogP contribution in [0.1, 0.15) is 11.1 Å². The molecule has 0 aromatic heterocycles. The van der Waals surface area contributed by atoms with Gasteiger partial charge in [0.1, 0.15) is 12.4 Å². The number of benzene rings is 2. The lowest BCUT2D eigenvalue weighted by Gasteiger charge is -2.22. The second-order valence-corrected chi connectivity index (χ2v) is 8.03. The van der Waals surface area contributed by atoms with Crippen molar-refractivity contribution in [1.82, 2.24) is 0 Å². The minimum Gasteiger partial charge on any atom is -0.325 e. The van der Waals surface area contributed by atoms with Gasteiger partial charge in [0.25, 0.3) is 0 Å². The highest BCUT2D eigenvalue weighted by Gasteiger charge is 2.22. The van der Waals surface area contributed by atoms with Crippen molar-refractivity contribution in [2.75, 3.05) is 22.4 Å². The molecule has 1 amide bonds. The van der Waals surface area contributed by atoms with E-state index >= 15 is 0 Å². The number of hydrogen-bond acceptors (Lipinski definition) is 3. The smallest absolute Gasteiger partial charge is 0.245 e. The van der Waals surface area contributed by atoms with Crippen molar-refractivity contribution >= 4 is 38.9 Å². The summed E-state index contributed by atoms with van der Waals surface area (Å²) in [6.45, 7) is 3.41. The highest BCUT2D eigenvalue weighted by molar-refractivity contribution is 7.92. The van der Waals surface area contributed by atoms with Crippen LogP contribution in [-0.4, -0.2) is 27.1 Å². The fraction of sp³-hybridized carbons (Fsp3) is 0.235. The lowest BCUT2D eigenvalue weighted by atomic mass is 10.1. The first-order chi connectivity index (χ1) is 11.6. The van der Waals surface area contributed by atoms with Gasteiger partial charge in [-0.3, -0.25) is 9.10 Å². The van der Waals surface area contributed by atoms with Crippen LogP contribution in [0.15, 0.2) is 36.4 Å². The van der Waals surface area contributed by atoms with Gasteiger partial charge in [0.2, 0.25) is 15.9 Å². The maximum absolute atomic E-state index is 13.3. The highest BCUT2D eigenvalue weighted by atomic mass is 35.5. The Morgan fingerprint density at radius 3 is 2.40 bits per heavy atom. The van der Waals surface area contributed by atoms with Crippen LogP contribution >= 0.6 is 11.6 Å². The van der Waals surface area contributed by atoms with Crippen LogP contribution in [0.5, 0.6) is 0 Å². The SMILES string of the molecule is Cc1ccc(NC(=O)CN(c2ccc(F)c(Cl)c2)S(C)(=O)=O)cc1C. The molecule has 0 spiro atoms. The van der Waals surface area contributed by atoms with E-state index < -0.39 is 28.3 Å². The Morgan fingerprint density at radius 2 is 1.84 bits per heavy atom. The van der Waals surface area contributed by atoms with Crippen molar-refractivity contribution in [3.05, 3.63) is 58.4 Å². The number of nitrogens with one attached hydrogen (secondary N) is 1. The summed E-state index contributed by atoms with van der Waals surface area (Å²) in [7, 11) is -3.76. The predicted octanol–water partition coefficient (Wildman–Crippen LogP) is 3.50. The van der Waals surface area contributed by atoms with Crippen molar-refractivity contribution in [3.8, 4) is 0 Å². The number of nitrogens with zero attached hydrogens (tertiary/aromatic N) is 1. The molecule has 0 aliphatic rings. The third kappa shape index (κ3) is 4.93. The quantitative estimate of drug-likeness (QED) is 0.857. The molecule has 0 unspecified atom stereocenters. The van der Waals surface area contributed by atoms with E-state index in [0.29, 0.717) is 5.69 Å². The van der Waals surface area contributed by atoms with Gasteiger partial charge in [-0.05, 0) is 55.3 Å². The second-order valence-electron chi connectivity index (χ2n) is 5.72. The normalized spacial score (nSPS) is 11.2. The van der Waals surface area contributed by atoms with Crippen molar-refractivity contribution in [2.24, 2.45) is 0 Å². The fourth-order valence-electron chi connectivity index (χ4n) is 2.19. The van der Waals surface area contributed by atoms with Gasteiger partial charge >= 0.3 is 0 Å². The molecule has 0 saturated carbocycles. The van der Waals surface area contributed by atoms with Crippen LogP contribution in [0, 0.1) is 19.7 Å². The first kappa shape index (κ1) is 19.2. The van der Waals surface area contributed by atoms with E-state index in [9.17, 15) is 17.6 Å². The zero-order valence-electron chi connectivity index (χ0n) is 14.0. The van der Waals surface area contributed by atoms with Gasteiger partial charge in [0.15, 0.2) is 0 Å². The van der Waals surface area contributed by atoms with E-state index in [1.165, 1.54) is 12.1 Å². The lowest BCUT2D eigenvalue weighted by Crippen LogP contribution is -2.37. The van der Waals surface area contributed by atoms with E-state index in [4.69, 9.17) is 11.6 Å². The number of carbonyl (C=O) groups excluding carboxylic acids is 1. The third-order valence-electron chi connectivity index (χ3n) is 3.67. The molecule has 0 aliphatic carbocycles. The first-order valence-corrected chi connectivity index (χ1v) is 9.60. The van der Waals surface area contributed by atoms with Crippen LogP contribution < -0.4 is 9.62 Å². The Bertz CT molecular complexity index is 916. The molecule has 0 saturated heterocycles. The standard InChI is InChI=1S/C17H18ClFN2O3S/c1-11-4-5-13(8-12(11)2)20-17(22)10-21(25(3,23)24)14-6-7-16(19)15(18)9-14/h4-9H,10H2,1-3H3,(H,20,22). The zero-order valence-corrected chi connectivity index (χ0v) is 15.6. The van der Waals surface area contributed by atoms with E-state index in [2.05, 4.69) is 5.32 Å². The average molecular weight is 385 g/mol. The summed E-state index contributed by atoms with van der Waals surface area (Å²) < 4.78 is 38.2. The number of carbonyl (C=O) groups is 1. The molecule has 0 aliphatic heterocycles. The Hall–Kier alpha value is -2.12. The summed E-state index contributed by atoms with van der Waals surface area (Å²) in [5.41, 5.74) is 2.77. The van der Waals surface area contributed by atoms with Gasteiger partial charge in [-0.1, -0.05) is 17.7 Å². The van der Waals surface area contributed by atoms with Gasteiger partial charge in [-0.25, -0.2) is 12.8 Å². The van der Waals surface area contributed by atoms with E-state index in [1.54, 1.807) is 12.1 Å². The van der Waals surface area contributed by atoms with Crippen LogP contribution in [-0.2, 0) is 14.8 Å². The first-order valence-electron chi connectivity index (χ1n) is 7.38. The molecule has 1 N–H and O–H groups in total. The topological polar surface area (TPSA) is 66.5 Å². The molecule has 0 atom stereocenters. The Labute approximate surface area is 151 Å². The Balaban J connectivity index is 2.23. The van der Waals surface area contributed by atoms with E-state index in [-0.39, 0.29) is 10.7 Å². The minimum absolute atomic E-state index is 0.115. The van der Waals surface area contributed by atoms with Gasteiger partial charge < -0.3 is 5.32 Å². The van der Waals surface area contributed by atoms with Crippen molar-refractivity contribution < 1.29 is 17.6 Å². The van der Waals surface area contributed by atoms with Crippen molar-refractivity contribution in [1.29, 1.82) is 0 Å². The number of anilines is 2. The summed E-state index contributed by atoms with van der Waals surface area (Å²) in [5.74, 6) is -1.19. The van der Waals surface area contributed by atoms with E-state index in [1.807, 2.05) is 19.9 Å². The second kappa shape index (κ2) is 7.41. The number of rotatable bonds is 5. The highest BCUT2D eigenvalue weighted by Crippen LogP contribution is 2.24. The number of sulfonamides is 1. The Kier molecular flexibility index (Phi) is 5.69. The van der Waals surface area contributed by atoms with Crippen LogP contribution in [0.25, 0.3) is 0 Å². The predicted molar refractivity (Wildman–Crippen MR) is 98.1 cm³/mol. The molecule has 0 bridgehead atoms. The fourth-order valence-corrected chi connectivity index (χ4v) is 3.21. The van der Waals surface area contributed by atoms with Crippen LogP contribution in [0.3, 0.4) is 0 Å². The molecule has 0 fully saturated rings. The van der Waals surface area contributed by atoms with Crippen molar-refractivity contribution in [3.63, 3.8) is 0 Å². The van der Waals surface area contributed by atoms with Crippen LogP contribution in [0.2, 0.25) is 5.02 Å². The summed E-state index contributed by atoms with van der Waals surface area (Å²) >= 11 is 5.71.